The van der Waals surface area contributed by atoms with Gasteiger partial charge in [-0.3, -0.25) is 0 Å². The monoisotopic (exact) mass is 320 g/mol. The lowest BCUT2D eigenvalue weighted by molar-refractivity contribution is -0.940. The molecule has 2 aliphatic rings. The molecular formula is C18H26NO4+. The molecule has 1 N–H and O–H groups in total. The van der Waals surface area contributed by atoms with Gasteiger partial charge < -0.3 is 14.1 Å². The van der Waals surface area contributed by atoms with E-state index in [-0.39, 0.29) is 5.97 Å². The van der Waals surface area contributed by atoms with Gasteiger partial charge in [-0.05, 0) is 51.5 Å². The van der Waals surface area contributed by atoms with Gasteiger partial charge in [0, 0.05) is 12.0 Å². The number of quaternary nitrogens is 1. The third kappa shape index (κ3) is 3.50. The van der Waals surface area contributed by atoms with Crippen LogP contribution in [0.5, 0.6) is 0 Å². The molecular weight excluding hydrogens is 294 g/mol. The maximum Gasteiger partial charge on any atom is 0.341 e. The summed E-state index contributed by atoms with van der Waals surface area (Å²) < 4.78 is 10.6. The van der Waals surface area contributed by atoms with Crippen LogP contribution in [-0.4, -0.2) is 31.7 Å². The molecule has 1 aromatic rings. The van der Waals surface area contributed by atoms with Crippen molar-refractivity contribution in [2.75, 3.05) is 19.7 Å². The Morgan fingerprint density at radius 2 is 2.04 bits per heavy atom. The van der Waals surface area contributed by atoms with E-state index in [9.17, 15) is 9.59 Å². The molecule has 2 saturated heterocycles. The van der Waals surface area contributed by atoms with E-state index in [0.29, 0.717) is 35.5 Å². The first-order chi connectivity index (χ1) is 11.1. The van der Waals surface area contributed by atoms with Crippen LogP contribution in [0.15, 0.2) is 15.3 Å². The molecule has 3 rings (SSSR count). The Bertz CT molecular complexity index is 608. The zero-order valence-electron chi connectivity index (χ0n) is 14.0. The molecule has 3 heterocycles. The van der Waals surface area contributed by atoms with Crippen molar-refractivity contribution in [3.63, 3.8) is 0 Å². The van der Waals surface area contributed by atoms with Gasteiger partial charge in [0.15, 0.2) is 0 Å². The number of hydrogen-bond acceptors (Lipinski definition) is 4. The van der Waals surface area contributed by atoms with E-state index in [0.717, 1.165) is 6.42 Å². The van der Waals surface area contributed by atoms with Crippen LogP contribution < -0.4 is 10.5 Å². The van der Waals surface area contributed by atoms with E-state index < -0.39 is 5.63 Å². The largest absolute Gasteiger partial charge is 0.461 e. The van der Waals surface area contributed by atoms with Gasteiger partial charge in [-0.15, -0.1) is 0 Å². The Hall–Kier alpha value is -1.62. The molecule has 5 heteroatoms. The first kappa shape index (κ1) is 16.2. The summed E-state index contributed by atoms with van der Waals surface area (Å²) in [5.74, 6) is 0.430. The van der Waals surface area contributed by atoms with Crippen molar-refractivity contribution in [1.82, 2.24) is 0 Å². The summed E-state index contributed by atoms with van der Waals surface area (Å²) in [6.07, 6.45) is 6.21. The van der Waals surface area contributed by atoms with Crippen molar-refractivity contribution in [2.24, 2.45) is 5.92 Å². The highest BCUT2D eigenvalue weighted by Gasteiger charge is 2.37. The van der Waals surface area contributed by atoms with E-state index in [2.05, 4.69) is 0 Å². The highest BCUT2D eigenvalue weighted by Crippen LogP contribution is 2.21. The highest BCUT2D eigenvalue weighted by atomic mass is 16.5. The second kappa shape index (κ2) is 6.87. The predicted molar refractivity (Wildman–Crippen MR) is 85.8 cm³/mol. The topological polar surface area (TPSA) is 61.0 Å². The number of piperidine rings is 2. The lowest BCUT2D eigenvalue weighted by Gasteiger charge is -2.41. The average molecular weight is 320 g/mol. The van der Waals surface area contributed by atoms with Crippen LogP contribution in [0.4, 0.5) is 0 Å². The molecule has 0 aliphatic carbocycles. The second-order valence-electron chi connectivity index (χ2n) is 6.94. The number of carbonyl (C=O) groups is 1. The standard InChI is InChI=1S/C18H25NO4/c1-12-10-16(20)23-13(2)17(12)18(21)22-11-14-6-5-9-19-8-4-3-7-15(14)19/h10,14-15H,3-9,11H2,1-2H3/p+1/t14-,15+/m0/s1. The molecule has 0 saturated carbocycles. The first-order valence-electron chi connectivity index (χ1n) is 8.69. The molecule has 1 aromatic heterocycles. The summed E-state index contributed by atoms with van der Waals surface area (Å²) in [5.41, 5.74) is 0.593. The molecule has 0 amide bonds. The maximum absolute atomic E-state index is 12.4. The number of fused-ring (bicyclic) bond motifs is 1. The van der Waals surface area contributed by atoms with Crippen molar-refractivity contribution in [2.45, 2.75) is 52.0 Å². The third-order valence-electron chi connectivity index (χ3n) is 5.40. The molecule has 126 valence electrons. The average Bonchev–Trinajstić information content (AvgIpc) is 2.52. The number of aryl methyl sites for hydroxylation is 2. The van der Waals surface area contributed by atoms with E-state index >= 15 is 0 Å². The van der Waals surface area contributed by atoms with Crippen LogP contribution in [0, 0.1) is 19.8 Å². The number of nitrogens with one attached hydrogen (secondary N) is 1. The molecule has 5 nitrogen and oxygen atoms in total. The third-order valence-corrected chi connectivity index (χ3v) is 5.40. The lowest BCUT2D eigenvalue weighted by Crippen LogP contribution is -3.18. The summed E-state index contributed by atoms with van der Waals surface area (Å²) in [4.78, 5) is 25.4. The zero-order valence-corrected chi connectivity index (χ0v) is 14.0. The first-order valence-corrected chi connectivity index (χ1v) is 8.69. The number of rotatable bonds is 3. The highest BCUT2D eigenvalue weighted by molar-refractivity contribution is 5.91. The van der Waals surface area contributed by atoms with Gasteiger partial charge in [-0.2, -0.15) is 0 Å². The molecule has 23 heavy (non-hydrogen) atoms. The number of carbonyl (C=O) groups excluding carboxylic acids is 1. The second-order valence-corrected chi connectivity index (χ2v) is 6.94. The molecule has 3 atom stereocenters. The Kier molecular flexibility index (Phi) is 4.85. The van der Waals surface area contributed by atoms with Gasteiger partial charge in [-0.25, -0.2) is 9.59 Å². The molecule has 2 fully saturated rings. The zero-order chi connectivity index (χ0) is 16.4. The fourth-order valence-electron chi connectivity index (χ4n) is 4.29. The van der Waals surface area contributed by atoms with Gasteiger partial charge in [-0.1, -0.05) is 0 Å². The Morgan fingerprint density at radius 3 is 2.83 bits per heavy atom. The van der Waals surface area contributed by atoms with Gasteiger partial charge in [0.2, 0.25) is 0 Å². The van der Waals surface area contributed by atoms with E-state index in [4.69, 9.17) is 9.15 Å². The summed E-state index contributed by atoms with van der Waals surface area (Å²) in [5, 5.41) is 0. The molecule has 0 bridgehead atoms. The predicted octanol–water partition coefficient (Wildman–Crippen LogP) is 1.26. The van der Waals surface area contributed by atoms with Crippen LogP contribution in [0.1, 0.15) is 53.8 Å². The number of hydrogen-bond donors (Lipinski definition) is 1. The minimum atomic E-state index is -0.426. The molecule has 0 spiro atoms. The van der Waals surface area contributed by atoms with Crippen molar-refractivity contribution in [1.29, 1.82) is 0 Å². The van der Waals surface area contributed by atoms with Crippen LogP contribution >= 0.6 is 0 Å². The summed E-state index contributed by atoms with van der Waals surface area (Å²) in [7, 11) is 0. The number of esters is 1. The van der Waals surface area contributed by atoms with Crippen LogP contribution in [0.25, 0.3) is 0 Å². The summed E-state index contributed by atoms with van der Waals surface area (Å²) in [6, 6.07) is 1.98. The van der Waals surface area contributed by atoms with Gasteiger partial charge in [0.25, 0.3) is 0 Å². The summed E-state index contributed by atoms with van der Waals surface area (Å²) >= 11 is 0. The van der Waals surface area contributed by atoms with Crippen molar-refractivity contribution < 1.29 is 18.8 Å². The van der Waals surface area contributed by atoms with Crippen LogP contribution in [0.2, 0.25) is 0 Å². The fourth-order valence-corrected chi connectivity index (χ4v) is 4.29. The summed E-state index contributed by atoms with van der Waals surface area (Å²) in [6.45, 7) is 6.38. The van der Waals surface area contributed by atoms with E-state index in [1.165, 1.54) is 44.8 Å². The van der Waals surface area contributed by atoms with Gasteiger partial charge >= 0.3 is 11.6 Å². The minimum Gasteiger partial charge on any atom is -0.461 e. The quantitative estimate of drug-likeness (QED) is 0.852. The number of ether oxygens (including phenoxy) is 1. The Labute approximate surface area is 136 Å². The maximum atomic E-state index is 12.4. The van der Waals surface area contributed by atoms with Gasteiger partial charge in [0.1, 0.15) is 17.9 Å². The molecule has 0 radical (unpaired) electrons. The Morgan fingerprint density at radius 1 is 1.26 bits per heavy atom. The normalized spacial score (nSPS) is 27.3. The van der Waals surface area contributed by atoms with Crippen LogP contribution in [0.3, 0.4) is 0 Å². The molecule has 0 aromatic carbocycles. The van der Waals surface area contributed by atoms with E-state index in [1.807, 2.05) is 0 Å². The van der Waals surface area contributed by atoms with Crippen molar-refractivity contribution >= 4 is 5.97 Å². The minimum absolute atomic E-state index is 0.341. The molecule has 2 aliphatic heterocycles. The Balaban J connectivity index is 1.66. The van der Waals surface area contributed by atoms with E-state index in [1.54, 1.807) is 18.7 Å². The van der Waals surface area contributed by atoms with Crippen molar-refractivity contribution in [3.8, 4) is 0 Å². The molecule has 1 unspecified atom stereocenters. The van der Waals surface area contributed by atoms with Gasteiger partial charge in [0.05, 0.1) is 19.1 Å². The van der Waals surface area contributed by atoms with Crippen molar-refractivity contribution in [3.05, 3.63) is 33.4 Å². The SMILES string of the molecule is Cc1cc(=O)oc(C)c1C(=O)OC[C@@H]1CCC[NH+]2CCCC[C@H]12. The van der Waals surface area contributed by atoms with Crippen LogP contribution in [-0.2, 0) is 4.74 Å². The fraction of sp³-hybridized carbons (Fsp3) is 0.667. The lowest BCUT2D eigenvalue weighted by atomic mass is 9.84. The smallest absolute Gasteiger partial charge is 0.341 e.